The quantitative estimate of drug-likeness (QED) is 0.839. The van der Waals surface area contributed by atoms with Crippen molar-refractivity contribution < 1.29 is 9.53 Å². The number of carbonyl (C=O) groups excluding carboxylic acids is 1. The maximum absolute atomic E-state index is 12.1. The number of H-pyrrole nitrogens is 1. The van der Waals surface area contributed by atoms with Crippen LogP contribution in [0.4, 0.5) is 0 Å². The highest BCUT2D eigenvalue weighted by Crippen LogP contribution is 2.33. The van der Waals surface area contributed by atoms with Crippen LogP contribution in [0.5, 0.6) is 5.75 Å². The van der Waals surface area contributed by atoms with Crippen LogP contribution in [0.25, 0.3) is 23.1 Å². The summed E-state index contributed by atoms with van der Waals surface area (Å²) in [6, 6.07) is 5.83. The summed E-state index contributed by atoms with van der Waals surface area (Å²) in [5, 5.41) is 0.856. The Kier molecular flexibility index (Phi) is 3.53. The molecule has 2 rings (SSSR count). The van der Waals surface area contributed by atoms with Gasteiger partial charge in [0, 0.05) is 10.9 Å². The first-order valence-electron chi connectivity index (χ1n) is 6.49. The minimum atomic E-state index is -0.557. The summed E-state index contributed by atoms with van der Waals surface area (Å²) < 4.78 is 5.58. The van der Waals surface area contributed by atoms with Crippen LogP contribution in [0, 0.1) is 5.41 Å². The van der Waals surface area contributed by atoms with Crippen molar-refractivity contribution >= 4 is 29.0 Å². The van der Waals surface area contributed by atoms with Crippen molar-refractivity contribution in [2.24, 2.45) is 5.41 Å². The minimum absolute atomic E-state index is 0.273. The molecule has 2 aromatic rings. The fraction of sp³-hybridized carbons (Fsp3) is 0.235. The Hall–Kier alpha value is -2.29. The van der Waals surface area contributed by atoms with Gasteiger partial charge in [-0.05, 0) is 44.5 Å². The Morgan fingerprint density at radius 2 is 1.95 bits per heavy atom. The smallest absolute Gasteiger partial charge is 0.316 e. The van der Waals surface area contributed by atoms with Crippen molar-refractivity contribution in [2.45, 2.75) is 20.8 Å². The maximum Gasteiger partial charge on any atom is 0.316 e. The van der Waals surface area contributed by atoms with Gasteiger partial charge in [0.2, 0.25) is 0 Å². The van der Waals surface area contributed by atoms with Gasteiger partial charge in [0.25, 0.3) is 0 Å². The molecular weight excluding hydrogens is 250 g/mol. The lowest BCUT2D eigenvalue weighted by molar-refractivity contribution is -0.142. The van der Waals surface area contributed by atoms with Gasteiger partial charge in [-0.3, -0.25) is 4.79 Å². The Morgan fingerprint density at radius 1 is 1.25 bits per heavy atom. The Labute approximate surface area is 119 Å². The lowest BCUT2D eigenvalue weighted by Gasteiger charge is -2.16. The summed E-state index contributed by atoms with van der Waals surface area (Å²) >= 11 is 0. The predicted octanol–water partition coefficient (Wildman–Crippen LogP) is 4.41. The van der Waals surface area contributed by atoms with E-state index in [0.717, 1.165) is 16.5 Å². The Balaban J connectivity index is 2.57. The summed E-state index contributed by atoms with van der Waals surface area (Å²) in [7, 11) is 0. The van der Waals surface area contributed by atoms with Crippen LogP contribution >= 0.6 is 0 Å². The molecule has 20 heavy (non-hydrogen) atoms. The number of hydrogen-bond acceptors (Lipinski definition) is 2. The molecule has 0 spiro atoms. The molecule has 0 amide bonds. The minimum Gasteiger partial charge on any atom is -0.423 e. The van der Waals surface area contributed by atoms with Crippen molar-refractivity contribution in [3.05, 3.63) is 42.6 Å². The summed E-state index contributed by atoms with van der Waals surface area (Å²) in [6.07, 6.45) is 3.41. The Morgan fingerprint density at radius 3 is 2.50 bits per heavy atom. The van der Waals surface area contributed by atoms with Gasteiger partial charge >= 0.3 is 5.97 Å². The van der Waals surface area contributed by atoms with Gasteiger partial charge in [-0.25, -0.2) is 0 Å². The number of fused-ring (bicyclic) bond motifs is 1. The number of benzene rings is 1. The van der Waals surface area contributed by atoms with E-state index < -0.39 is 5.41 Å². The van der Waals surface area contributed by atoms with Gasteiger partial charge in [0.15, 0.2) is 5.75 Å². The van der Waals surface area contributed by atoms with Crippen LogP contribution < -0.4 is 4.74 Å². The summed E-state index contributed by atoms with van der Waals surface area (Å²) in [6.45, 7) is 13.0. The normalized spacial score (nSPS) is 11.3. The highest BCUT2D eigenvalue weighted by molar-refractivity contribution is 5.94. The monoisotopic (exact) mass is 269 g/mol. The molecule has 0 bridgehead atoms. The van der Waals surface area contributed by atoms with Crippen molar-refractivity contribution in [3.8, 4) is 5.75 Å². The molecule has 0 atom stereocenters. The van der Waals surface area contributed by atoms with E-state index in [1.807, 2.05) is 39.0 Å². The van der Waals surface area contributed by atoms with Crippen LogP contribution in [-0.4, -0.2) is 11.0 Å². The number of hydrogen-bond donors (Lipinski definition) is 1. The highest BCUT2D eigenvalue weighted by Gasteiger charge is 2.26. The zero-order valence-electron chi connectivity index (χ0n) is 12.1. The zero-order chi connectivity index (χ0) is 14.9. The van der Waals surface area contributed by atoms with Crippen LogP contribution in [0.3, 0.4) is 0 Å². The largest absolute Gasteiger partial charge is 0.423 e. The number of esters is 1. The maximum atomic E-state index is 12.1. The predicted molar refractivity (Wildman–Crippen MR) is 83.6 cm³/mol. The van der Waals surface area contributed by atoms with Crippen LogP contribution in [0.15, 0.2) is 31.4 Å². The van der Waals surface area contributed by atoms with E-state index in [-0.39, 0.29) is 5.97 Å². The van der Waals surface area contributed by atoms with E-state index in [1.54, 1.807) is 12.2 Å². The second kappa shape index (κ2) is 5.00. The molecule has 3 nitrogen and oxygen atoms in total. The molecule has 0 aliphatic rings. The fourth-order valence-corrected chi connectivity index (χ4v) is 1.83. The molecule has 1 N–H and O–H groups in total. The third kappa shape index (κ3) is 2.52. The Bertz CT molecular complexity index is 687. The first-order chi connectivity index (χ1) is 9.36. The number of ether oxygens (including phenoxy) is 1. The average molecular weight is 269 g/mol. The molecular formula is C17H19NO2. The molecule has 1 aromatic carbocycles. The second-order valence-electron chi connectivity index (χ2n) is 5.72. The van der Waals surface area contributed by atoms with Crippen molar-refractivity contribution in [3.63, 3.8) is 0 Å². The van der Waals surface area contributed by atoms with Crippen molar-refractivity contribution in [1.82, 2.24) is 4.98 Å². The average Bonchev–Trinajstić information content (AvgIpc) is 2.75. The molecule has 0 saturated heterocycles. The summed E-state index contributed by atoms with van der Waals surface area (Å²) in [5.41, 5.74) is 2.03. The van der Waals surface area contributed by atoms with E-state index >= 15 is 0 Å². The molecule has 1 aromatic heterocycles. The van der Waals surface area contributed by atoms with E-state index in [1.165, 1.54) is 0 Å². The van der Waals surface area contributed by atoms with E-state index in [0.29, 0.717) is 11.4 Å². The number of nitrogens with one attached hydrogen (secondary N) is 1. The standard InChI is InChI=1S/C17H19NO2/c1-6-11-8-9-14-12(10-11)15(13(7-2)18-14)20-16(19)17(3,4)5/h6-10,18H,1-2H2,3-5H3. The van der Waals surface area contributed by atoms with E-state index in [4.69, 9.17) is 4.74 Å². The lowest BCUT2D eigenvalue weighted by Crippen LogP contribution is -2.25. The SMILES string of the molecule is C=Cc1ccc2[nH]c(C=C)c(OC(=O)C(C)(C)C)c2c1. The first-order valence-corrected chi connectivity index (χ1v) is 6.49. The molecule has 0 unspecified atom stereocenters. The fourth-order valence-electron chi connectivity index (χ4n) is 1.83. The summed E-state index contributed by atoms with van der Waals surface area (Å²) in [5.74, 6) is 0.254. The number of aromatic nitrogens is 1. The highest BCUT2D eigenvalue weighted by atomic mass is 16.5. The van der Waals surface area contributed by atoms with Crippen LogP contribution in [0.2, 0.25) is 0 Å². The van der Waals surface area contributed by atoms with Gasteiger partial charge in [0.1, 0.15) is 0 Å². The topological polar surface area (TPSA) is 42.1 Å². The van der Waals surface area contributed by atoms with Gasteiger partial charge in [-0.15, -0.1) is 0 Å². The number of rotatable bonds is 3. The molecule has 0 aliphatic carbocycles. The van der Waals surface area contributed by atoms with Gasteiger partial charge in [-0.1, -0.05) is 25.3 Å². The molecule has 0 aliphatic heterocycles. The first kappa shape index (κ1) is 14.1. The van der Waals surface area contributed by atoms with Crippen LogP contribution in [0.1, 0.15) is 32.0 Å². The lowest BCUT2D eigenvalue weighted by atomic mass is 9.97. The third-order valence-corrected chi connectivity index (χ3v) is 3.05. The zero-order valence-corrected chi connectivity index (χ0v) is 12.1. The molecule has 3 heteroatoms. The van der Waals surface area contributed by atoms with Crippen molar-refractivity contribution in [2.75, 3.05) is 0 Å². The van der Waals surface area contributed by atoms with E-state index in [9.17, 15) is 4.79 Å². The molecule has 1 heterocycles. The molecule has 0 saturated carbocycles. The van der Waals surface area contributed by atoms with Gasteiger partial charge < -0.3 is 9.72 Å². The second-order valence-corrected chi connectivity index (χ2v) is 5.72. The van der Waals surface area contributed by atoms with Gasteiger partial charge in [0.05, 0.1) is 11.1 Å². The third-order valence-electron chi connectivity index (χ3n) is 3.05. The van der Waals surface area contributed by atoms with Crippen molar-refractivity contribution in [1.29, 1.82) is 0 Å². The molecule has 0 radical (unpaired) electrons. The summed E-state index contributed by atoms with van der Waals surface area (Å²) in [4.78, 5) is 15.3. The molecule has 0 fully saturated rings. The number of carbonyl (C=O) groups is 1. The van der Waals surface area contributed by atoms with Crippen LogP contribution in [-0.2, 0) is 4.79 Å². The number of aromatic amines is 1. The van der Waals surface area contributed by atoms with Gasteiger partial charge in [-0.2, -0.15) is 0 Å². The molecule has 104 valence electrons. The van der Waals surface area contributed by atoms with E-state index in [2.05, 4.69) is 18.1 Å².